The zero-order chi connectivity index (χ0) is 11.2. The lowest BCUT2D eigenvalue weighted by atomic mass is 9.86. The van der Waals surface area contributed by atoms with Crippen LogP contribution in [0.2, 0.25) is 0 Å². The Morgan fingerprint density at radius 3 is 2.67 bits per heavy atom. The molecular formula is C12H16N2O. The molecule has 0 radical (unpaired) electrons. The molecule has 1 atom stereocenters. The highest BCUT2D eigenvalue weighted by molar-refractivity contribution is 6.01. The van der Waals surface area contributed by atoms with E-state index in [-0.39, 0.29) is 17.2 Å². The number of nitrogens with one attached hydrogen (secondary N) is 1. The van der Waals surface area contributed by atoms with Crippen LogP contribution in [0.15, 0.2) is 12.3 Å². The zero-order valence-electron chi connectivity index (χ0n) is 9.59. The molecule has 1 unspecified atom stereocenters. The largest absolute Gasteiger partial charge is 0.310 e. The highest BCUT2D eigenvalue weighted by Gasteiger charge is 2.29. The van der Waals surface area contributed by atoms with Crippen molar-refractivity contribution in [1.29, 1.82) is 0 Å². The topological polar surface area (TPSA) is 42.0 Å². The lowest BCUT2D eigenvalue weighted by molar-refractivity contribution is -0.116. The molecule has 1 aromatic rings. The summed E-state index contributed by atoms with van der Waals surface area (Å²) in [5.41, 5.74) is 2.27. The number of carbonyl (C=O) groups is 1. The minimum absolute atomic E-state index is 0.0450. The van der Waals surface area contributed by atoms with Gasteiger partial charge in [0.15, 0.2) is 0 Å². The molecule has 1 N–H and O–H groups in total. The second-order valence-electron chi connectivity index (χ2n) is 5.12. The number of carbonyl (C=O) groups excluding carboxylic acids is 1. The fourth-order valence-corrected chi connectivity index (χ4v) is 1.69. The van der Waals surface area contributed by atoms with E-state index >= 15 is 0 Å². The van der Waals surface area contributed by atoms with E-state index in [4.69, 9.17) is 0 Å². The minimum atomic E-state index is -0.0743. The predicted molar refractivity (Wildman–Crippen MR) is 60.0 cm³/mol. The van der Waals surface area contributed by atoms with Crippen molar-refractivity contribution in [3.05, 3.63) is 23.4 Å². The normalized spacial score (nSPS) is 20.0. The van der Waals surface area contributed by atoms with Gasteiger partial charge in [0.25, 0.3) is 0 Å². The minimum Gasteiger partial charge on any atom is -0.310 e. The average molecular weight is 204 g/mol. The molecule has 1 aromatic heterocycles. The Balaban J connectivity index is 2.49. The van der Waals surface area contributed by atoms with Gasteiger partial charge < -0.3 is 5.32 Å². The Bertz CT molecular complexity index is 418. The molecule has 2 heterocycles. The molecule has 0 spiro atoms. The molecule has 80 valence electrons. The van der Waals surface area contributed by atoms with Gasteiger partial charge >= 0.3 is 0 Å². The first-order valence-corrected chi connectivity index (χ1v) is 5.21. The number of hydrogen-bond donors (Lipinski definition) is 1. The fraction of sp³-hybridized carbons (Fsp3) is 0.500. The molecule has 15 heavy (non-hydrogen) atoms. The molecular weight excluding hydrogens is 188 g/mol. The summed E-state index contributed by atoms with van der Waals surface area (Å²) in [6.45, 7) is 8.34. The second kappa shape index (κ2) is 3.05. The lowest BCUT2D eigenvalue weighted by Gasteiger charge is -2.19. The molecule has 0 saturated heterocycles. The molecule has 0 aromatic carbocycles. The monoisotopic (exact) mass is 204 g/mol. The molecule has 1 aliphatic rings. The van der Waals surface area contributed by atoms with Gasteiger partial charge in [-0.2, -0.15) is 0 Å². The van der Waals surface area contributed by atoms with Crippen LogP contribution in [-0.4, -0.2) is 10.9 Å². The Morgan fingerprint density at radius 1 is 1.40 bits per heavy atom. The second-order valence-corrected chi connectivity index (χ2v) is 5.12. The van der Waals surface area contributed by atoms with Crippen molar-refractivity contribution in [1.82, 2.24) is 4.98 Å². The molecule has 3 heteroatoms. The molecule has 3 nitrogen and oxygen atoms in total. The molecule has 1 aliphatic heterocycles. The summed E-state index contributed by atoms with van der Waals surface area (Å²) in [4.78, 5) is 15.7. The Labute approximate surface area is 89.9 Å². The van der Waals surface area contributed by atoms with Gasteiger partial charge in [-0.1, -0.05) is 20.8 Å². The number of amides is 1. The van der Waals surface area contributed by atoms with Crippen LogP contribution in [0.25, 0.3) is 0 Å². The highest BCUT2D eigenvalue weighted by atomic mass is 16.2. The van der Waals surface area contributed by atoms with Crippen LogP contribution in [0.5, 0.6) is 0 Å². The van der Waals surface area contributed by atoms with Gasteiger partial charge in [0.05, 0.1) is 5.92 Å². The Morgan fingerprint density at radius 2 is 2.07 bits per heavy atom. The van der Waals surface area contributed by atoms with Crippen LogP contribution in [0.1, 0.15) is 44.7 Å². The molecule has 0 fully saturated rings. The zero-order valence-corrected chi connectivity index (χ0v) is 9.59. The first-order valence-electron chi connectivity index (χ1n) is 5.21. The number of rotatable bonds is 0. The van der Waals surface area contributed by atoms with E-state index in [2.05, 4.69) is 37.1 Å². The lowest BCUT2D eigenvalue weighted by Crippen LogP contribution is -2.12. The van der Waals surface area contributed by atoms with Gasteiger partial charge in [-0.15, -0.1) is 0 Å². The van der Waals surface area contributed by atoms with Gasteiger partial charge in [0, 0.05) is 11.8 Å². The van der Waals surface area contributed by atoms with Crippen molar-refractivity contribution in [3.8, 4) is 0 Å². The number of fused-ring (bicyclic) bond motifs is 1. The quantitative estimate of drug-likeness (QED) is 0.705. The number of anilines is 1. The SMILES string of the molecule is CC1C(=O)Nc2ncc(C(C)(C)C)cc21. The maximum atomic E-state index is 11.4. The summed E-state index contributed by atoms with van der Waals surface area (Å²) in [5.74, 6) is 0.693. The number of nitrogens with zero attached hydrogens (tertiary/aromatic N) is 1. The smallest absolute Gasteiger partial charge is 0.232 e. The first kappa shape index (κ1) is 10.1. The molecule has 0 aliphatic carbocycles. The summed E-state index contributed by atoms with van der Waals surface area (Å²) >= 11 is 0. The molecule has 0 saturated carbocycles. The van der Waals surface area contributed by atoms with Gasteiger partial charge in [-0.3, -0.25) is 4.79 Å². The third-order valence-corrected chi connectivity index (χ3v) is 2.88. The maximum absolute atomic E-state index is 11.4. The van der Waals surface area contributed by atoms with Gasteiger partial charge in [-0.25, -0.2) is 4.98 Å². The van der Waals surface area contributed by atoms with Crippen molar-refractivity contribution in [2.24, 2.45) is 0 Å². The Kier molecular flexibility index (Phi) is 2.07. The molecule has 1 amide bonds. The van der Waals surface area contributed by atoms with Crippen LogP contribution in [0.4, 0.5) is 5.82 Å². The predicted octanol–water partition coefficient (Wildman–Crippen LogP) is 2.43. The van der Waals surface area contributed by atoms with Crippen LogP contribution in [0.3, 0.4) is 0 Å². The number of pyridine rings is 1. The fourth-order valence-electron chi connectivity index (χ4n) is 1.69. The van der Waals surface area contributed by atoms with Crippen molar-refractivity contribution < 1.29 is 4.79 Å². The first-order chi connectivity index (χ1) is 6.89. The summed E-state index contributed by atoms with van der Waals surface area (Å²) in [7, 11) is 0. The summed E-state index contributed by atoms with van der Waals surface area (Å²) in [6.07, 6.45) is 1.84. The summed E-state index contributed by atoms with van der Waals surface area (Å²) < 4.78 is 0. The third kappa shape index (κ3) is 1.62. The average Bonchev–Trinajstić information content (AvgIpc) is 2.41. The van der Waals surface area contributed by atoms with E-state index in [0.717, 1.165) is 11.4 Å². The van der Waals surface area contributed by atoms with E-state index in [1.54, 1.807) is 0 Å². The highest BCUT2D eigenvalue weighted by Crippen LogP contribution is 2.33. The van der Waals surface area contributed by atoms with Gasteiger partial charge in [0.2, 0.25) is 5.91 Å². The van der Waals surface area contributed by atoms with Crippen molar-refractivity contribution in [3.63, 3.8) is 0 Å². The molecule has 0 bridgehead atoms. The van der Waals surface area contributed by atoms with E-state index < -0.39 is 0 Å². The van der Waals surface area contributed by atoms with Crippen LogP contribution < -0.4 is 5.32 Å². The maximum Gasteiger partial charge on any atom is 0.232 e. The van der Waals surface area contributed by atoms with Crippen molar-refractivity contribution in [2.45, 2.75) is 39.0 Å². The Hall–Kier alpha value is -1.38. The summed E-state index contributed by atoms with van der Waals surface area (Å²) in [6, 6.07) is 2.09. The van der Waals surface area contributed by atoms with E-state index in [0.29, 0.717) is 0 Å². The van der Waals surface area contributed by atoms with E-state index in [9.17, 15) is 4.79 Å². The number of hydrogen-bond acceptors (Lipinski definition) is 2. The molecule has 2 rings (SSSR count). The van der Waals surface area contributed by atoms with E-state index in [1.165, 1.54) is 5.56 Å². The third-order valence-electron chi connectivity index (χ3n) is 2.88. The van der Waals surface area contributed by atoms with E-state index in [1.807, 2.05) is 13.1 Å². The van der Waals surface area contributed by atoms with Crippen LogP contribution in [0, 0.1) is 0 Å². The van der Waals surface area contributed by atoms with Crippen LogP contribution >= 0.6 is 0 Å². The number of aromatic nitrogens is 1. The van der Waals surface area contributed by atoms with Crippen molar-refractivity contribution >= 4 is 11.7 Å². The standard InChI is InChI=1S/C12H16N2O/c1-7-9-5-8(12(2,3)4)6-13-10(9)14-11(7)15/h5-7H,1-4H3,(H,13,14,15). The van der Waals surface area contributed by atoms with Gasteiger partial charge in [-0.05, 0) is 24.0 Å². The van der Waals surface area contributed by atoms with Crippen molar-refractivity contribution in [2.75, 3.05) is 5.32 Å². The van der Waals surface area contributed by atoms with Crippen LogP contribution in [-0.2, 0) is 10.2 Å². The van der Waals surface area contributed by atoms with Gasteiger partial charge in [0.1, 0.15) is 5.82 Å². The summed E-state index contributed by atoms with van der Waals surface area (Å²) in [5, 5.41) is 2.78.